The standard InChI is InChI=1S/C12H15BrF2N2O/c13-9-1-2-11(18-12(14)15)8(5-9)6-17-10-3-4-16-7-10/h1-2,5,10,12,16-17H,3-4,6-7H2. The Kier molecular flexibility index (Phi) is 4.91. The summed E-state index contributed by atoms with van der Waals surface area (Å²) in [4.78, 5) is 0. The molecule has 1 aliphatic rings. The molecule has 1 fully saturated rings. The highest BCUT2D eigenvalue weighted by Gasteiger charge is 2.15. The Hall–Kier alpha value is -0.720. The first-order valence-corrected chi connectivity index (χ1v) is 6.62. The van der Waals surface area contributed by atoms with Crippen LogP contribution in [0.3, 0.4) is 0 Å². The fourth-order valence-corrected chi connectivity index (χ4v) is 2.39. The van der Waals surface area contributed by atoms with Crippen LogP contribution < -0.4 is 15.4 Å². The quantitative estimate of drug-likeness (QED) is 0.874. The molecule has 3 nitrogen and oxygen atoms in total. The molecule has 1 unspecified atom stereocenters. The predicted molar refractivity (Wildman–Crippen MR) is 68.9 cm³/mol. The van der Waals surface area contributed by atoms with Gasteiger partial charge in [-0.05, 0) is 31.2 Å². The molecule has 0 aromatic heterocycles. The topological polar surface area (TPSA) is 33.3 Å². The van der Waals surface area contributed by atoms with Gasteiger partial charge in [0.2, 0.25) is 0 Å². The molecule has 0 aliphatic carbocycles. The van der Waals surface area contributed by atoms with Crippen LogP contribution in [0.1, 0.15) is 12.0 Å². The summed E-state index contributed by atoms with van der Waals surface area (Å²) in [6.07, 6.45) is 1.05. The maximum atomic E-state index is 12.3. The lowest BCUT2D eigenvalue weighted by Gasteiger charge is -2.15. The summed E-state index contributed by atoms with van der Waals surface area (Å²) in [5.74, 6) is 0.228. The van der Waals surface area contributed by atoms with E-state index in [4.69, 9.17) is 0 Å². The number of alkyl halides is 2. The third kappa shape index (κ3) is 3.90. The zero-order valence-corrected chi connectivity index (χ0v) is 11.3. The number of hydrogen-bond acceptors (Lipinski definition) is 3. The summed E-state index contributed by atoms with van der Waals surface area (Å²) in [7, 11) is 0. The summed E-state index contributed by atoms with van der Waals surface area (Å²) in [5, 5.41) is 6.57. The average molecular weight is 321 g/mol. The van der Waals surface area contributed by atoms with Crippen LogP contribution in [0, 0.1) is 0 Å². The molecule has 18 heavy (non-hydrogen) atoms. The van der Waals surface area contributed by atoms with Gasteiger partial charge in [-0.25, -0.2) is 0 Å². The van der Waals surface area contributed by atoms with Crippen molar-refractivity contribution in [3.05, 3.63) is 28.2 Å². The molecule has 0 radical (unpaired) electrons. The normalized spacial score (nSPS) is 19.4. The Morgan fingerprint density at radius 1 is 1.50 bits per heavy atom. The maximum Gasteiger partial charge on any atom is 0.387 e. The van der Waals surface area contributed by atoms with Gasteiger partial charge in [-0.1, -0.05) is 15.9 Å². The van der Waals surface area contributed by atoms with E-state index in [1.165, 1.54) is 0 Å². The van der Waals surface area contributed by atoms with Crippen molar-refractivity contribution in [2.24, 2.45) is 0 Å². The molecule has 100 valence electrons. The van der Waals surface area contributed by atoms with E-state index in [9.17, 15) is 8.78 Å². The zero-order valence-electron chi connectivity index (χ0n) is 9.76. The largest absolute Gasteiger partial charge is 0.434 e. The Balaban J connectivity index is 2.01. The molecule has 0 spiro atoms. The van der Waals surface area contributed by atoms with Gasteiger partial charge in [0.15, 0.2) is 0 Å². The van der Waals surface area contributed by atoms with E-state index in [2.05, 4.69) is 31.3 Å². The second kappa shape index (κ2) is 6.45. The molecule has 0 amide bonds. The molecule has 1 aromatic rings. The predicted octanol–water partition coefficient (Wildman–Crippen LogP) is 2.50. The summed E-state index contributed by atoms with van der Waals surface area (Å²) in [5.41, 5.74) is 0.733. The molecule has 1 aliphatic heterocycles. The fraction of sp³-hybridized carbons (Fsp3) is 0.500. The summed E-state index contributed by atoms with van der Waals surface area (Å²) in [6, 6.07) is 5.44. The van der Waals surface area contributed by atoms with Crippen LogP contribution >= 0.6 is 15.9 Å². The molecule has 6 heteroatoms. The summed E-state index contributed by atoms with van der Waals surface area (Å²) < 4.78 is 29.9. The third-order valence-electron chi connectivity index (χ3n) is 2.88. The first-order chi connectivity index (χ1) is 8.65. The lowest BCUT2D eigenvalue weighted by molar-refractivity contribution is -0.0505. The minimum Gasteiger partial charge on any atom is -0.434 e. The van der Waals surface area contributed by atoms with Crippen molar-refractivity contribution in [3.8, 4) is 5.75 Å². The van der Waals surface area contributed by atoms with Gasteiger partial charge in [0.1, 0.15) is 5.75 Å². The molecule has 0 saturated carbocycles. The Morgan fingerprint density at radius 3 is 3.00 bits per heavy atom. The molecular formula is C12H15BrF2N2O. The van der Waals surface area contributed by atoms with E-state index in [1.54, 1.807) is 18.2 Å². The van der Waals surface area contributed by atoms with E-state index in [1.807, 2.05) is 0 Å². The Morgan fingerprint density at radius 2 is 2.33 bits per heavy atom. The van der Waals surface area contributed by atoms with Crippen LogP contribution in [0.15, 0.2) is 22.7 Å². The molecule has 1 atom stereocenters. The number of halogens is 3. The van der Waals surface area contributed by atoms with E-state index in [-0.39, 0.29) is 5.75 Å². The van der Waals surface area contributed by atoms with Gasteiger partial charge in [-0.15, -0.1) is 0 Å². The molecule has 2 rings (SSSR count). The SMILES string of the molecule is FC(F)Oc1ccc(Br)cc1CNC1CCNC1. The first-order valence-electron chi connectivity index (χ1n) is 5.82. The molecule has 1 heterocycles. The number of ether oxygens (including phenoxy) is 1. The molecule has 2 N–H and O–H groups in total. The second-order valence-electron chi connectivity index (χ2n) is 4.20. The lowest BCUT2D eigenvalue weighted by atomic mass is 10.2. The maximum absolute atomic E-state index is 12.3. The van der Waals surface area contributed by atoms with Crippen molar-refractivity contribution < 1.29 is 13.5 Å². The fourth-order valence-electron chi connectivity index (χ4n) is 1.98. The first kappa shape index (κ1) is 13.7. The second-order valence-corrected chi connectivity index (χ2v) is 5.12. The van der Waals surface area contributed by atoms with Gasteiger partial charge < -0.3 is 15.4 Å². The van der Waals surface area contributed by atoms with Crippen molar-refractivity contribution >= 4 is 15.9 Å². The van der Waals surface area contributed by atoms with E-state index in [0.29, 0.717) is 12.6 Å². The number of hydrogen-bond donors (Lipinski definition) is 2. The lowest BCUT2D eigenvalue weighted by Crippen LogP contribution is -2.30. The highest BCUT2D eigenvalue weighted by atomic mass is 79.9. The number of nitrogens with one attached hydrogen (secondary N) is 2. The minimum absolute atomic E-state index is 0.228. The van der Waals surface area contributed by atoms with Crippen molar-refractivity contribution in [2.75, 3.05) is 13.1 Å². The number of rotatable bonds is 5. The van der Waals surface area contributed by atoms with Crippen molar-refractivity contribution in [2.45, 2.75) is 25.6 Å². The van der Waals surface area contributed by atoms with Crippen LogP contribution in [-0.4, -0.2) is 25.7 Å². The third-order valence-corrected chi connectivity index (χ3v) is 3.37. The molecule has 0 bridgehead atoms. The van der Waals surface area contributed by atoms with Crippen LogP contribution in [0.4, 0.5) is 8.78 Å². The summed E-state index contributed by atoms with van der Waals surface area (Å²) in [6.45, 7) is -0.359. The van der Waals surface area contributed by atoms with Crippen LogP contribution in [0.5, 0.6) is 5.75 Å². The van der Waals surface area contributed by atoms with Crippen molar-refractivity contribution in [1.82, 2.24) is 10.6 Å². The minimum atomic E-state index is -2.79. The van der Waals surface area contributed by atoms with E-state index in [0.717, 1.165) is 29.5 Å². The van der Waals surface area contributed by atoms with Crippen LogP contribution in [0.2, 0.25) is 0 Å². The van der Waals surface area contributed by atoms with Gasteiger partial charge >= 0.3 is 6.61 Å². The average Bonchev–Trinajstić information content (AvgIpc) is 2.82. The Bertz CT molecular complexity index is 398. The van der Waals surface area contributed by atoms with Gasteiger partial charge in [-0.2, -0.15) is 8.78 Å². The highest BCUT2D eigenvalue weighted by Crippen LogP contribution is 2.25. The summed E-state index contributed by atoms with van der Waals surface area (Å²) >= 11 is 3.33. The zero-order chi connectivity index (χ0) is 13.0. The smallest absolute Gasteiger partial charge is 0.387 e. The molecule has 1 aromatic carbocycles. The molecule has 1 saturated heterocycles. The monoisotopic (exact) mass is 320 g/mol. The van der Waals surface area contributed by atoms with Crippen LogP contribution in [-0.2, 0) is 6.54 Å². The molecular weight excluding hydrogens is 306 g/mol. The number of benzene rings is 1. The van der Waals surface area contributed by atoms with Crippen LogP contribution in [0.25, 0.3) is 0 Å². The van der Waals surface area contributed by atoms with Gasteiger partial charge in [0.25, 0.3) is 0 Å². The van der Waals surface area contributed by atoms with E-state index < -0.39 is 6.61 Å². The Labute approximate surface area is 113 Å². The van der Waals surface area contributed by atoms with Crippen molar-refractivity contribution in [1.29, 1.82) is 0 Å². The highest BCUT2D eigenvalue weighted by molar-refractivity contribution is 9.10. The van der Waals surface area contributed by atoms with Gasteiger partial charge in [0.05, 0.1) is 0 Å². The van der Waals surface area contributed by atoms with Crippen molar-refractivity contribution in [3.63, 3.8) is 0 Å². The van der Waals surface area contributed by atoms with Gasteiger partial charge in [0, 0.05) is 29.2 Å². The van der Waals surface area contributed by atoms with E-state index >= 15 is 0 Å². The van der Waals surface area contributed by atoms with Gasteiger partial charge in [-0.3, -0.25) is 0 Å².